The van der Waals surface area contributed by atoms with Crippen molar-refractivity contribution in [1.29, 1.82) is 0 Å². The van der Waals surface area contributed by atoms with Crippen molar-refractivity contribution in [2.45, 2.75) is 18.4 Å². The van der Waals surface area contributed by atoms with Gasteiger partial charge in [-0.2, -0.15) is 0 Å². The van der Waals surface area contributed by atoms with Crippen molar-refractivity contribution in [3.05, 3.63) is 30.2 Å². The van der Waals surface area contributed by atoms with Gasteiger partial charge in [0.25, 0.3) is 0 Å². The number of nitrogens with zero attached hydrogens (tertiary/aromatic N) is 2. The normalized spacial score (nSPS) is 11.7. The second-order valence-electron chi connectivity index (χ2n) is 4.08. The third-order valence-electron chi connectivity index (χ3n) is 2.50. The summed E-state index contributed by atoms with van der Waals surface area (Å²) < 4.78 is 28.4. The van der Waals surface area contributed by atoms with Gasteiger partial charge in [-0.1, -0.05) is 13.0 Å². The Morgan fingerprint density at radius 3 is 2.79 bits per heavy atom. The summed E-state index contributed by atoms with van der Waals surface area (Å²) in [5.74, 6) is 0.792. The average Bonchev–Trinajstić information content (AvgIpc) is 2.84. The first-order chi connectivity index (χ1) is 9.00. The number of hydrogen-bond donors (Lipinski definition) is 1. The molecule has 0 bridgehead atoms. The van der Waals surface area contributed by atoms with Gasteiger partial charge >= 0.3 is 0 Å². The van der Waals surface area contributed by atoms with Gasteiger partial charge in [-0.25, -0.2) is 8.42 Å². The summed E-state index contributed by atoms with van der Waals surface area (Å²) in [6, 6.07) is 6.45. The van der Waals surface area contributed by atoms with Gasteiger partial charge in [0.1, 0.15) is 0 Å². The molecule has 1 heterocycles. The summed E-state index contributed by atoms with van der Waals surface area (Å²) >= 11 is 0. The van der Waals surface area contributed by atoms with Crippen LogP contribution in [0, 0.1) is 0 Å². The van der Waals surface area contributed by atoms with E-state index in [4.69, 9.17) is 4.42 Å². The standard InChI is InChI=1S/C12H15N3O3S/c1-3-13-8-11-14-15-12(18-11)9-5-4-6-10(7-9)19(2,16)17/h4-7,13H,3,8H2,1-2H3. The molecule has 0 saturated heterocycles. The zero-order valence-electron chi connectivity index (χ0n) is 10.8. The molecule has 0 unspecified atom stereocenters. The molecule has 2 aromatic rings. The van der Waals surface area contributed by atoms with Crippen LogP contribution in [0.1, 0.15) is 12.8 Å². The first-order valence-corrected chi connectivity index (χ1v) is 7.73. The highest BCUT2D eigenvalue weighted by molar-refractivity contribution is 7.90. The van der Waals surface area contributed by atoms with Crippen LogP contribution in [0.3, 0.4) is 0 Å². The Labute approximate surface area is 111 Å². The molecule has 0 aliphatic heterocycles. The third-order valence-corrected chi connectivity index (χ3v) is 3.61. The van der Waals surface area contributed by atoms with Crippen LogP contribution in [0.5, 0.6) is 0 Å². The van der Waals surface area contributed by atoms with Crippen molar-refractivity contribution >= 4 is 9.84 Å². The molecule has 0 fully saturated rings. The highest BCUT2D eigenvalue weighted by atomic mass is 32.2. The molecular formula is C12H15N3O3S. The number of aromatic nitrogens is 2. The van der Waals surface area contributed by atoms with Crippen LogP contribution in [-0.4, -0.2) is 31.4 Å². The first kappa shape index (κ1) is 13.7. The molecule has 7 heteroatoms. The number of benzene rings is 1. The molecular weight excluding hydrogens is 266 g/mol. The molecule has 2 rings (SSSR count). The van der Waals surface area contributed by atoms with E-state index in [-0.39, 0.29) is 4.90 Å². The van der Waals surface area contributed by atoms with Crippen LogP contribution in [-0.2, 0) is 16.4 Å². The molecule has 1 aromatic heterocycles. The maximum atomic E-state index is 11.5. The molecule has 0 atom stereocenters. The van der Waals surface area contributed by atoms with E-state index in [9.17, 15) is 8.42 Å². The Hall–Kier alpha value is -1.73. The van der Waals surface area contributed by atoms with Crippen LogP contribution in [0.15, 0.2) is 33.6 Å². The fourth-order valence-corrected chi connectivity index (χ4v) is 2.20. The lowest BCUT2D eigenvalue weighted by molar-refractivity contribution is 0.482. The Kier molecular flexibility index (Phi) is 3.96. The summed E-state index contributed by atoms with van der Waals surface area (Å²) in [6.45, 7) is 3.28. The fraction of sp³-hybridized carbons (Fsp3) is 0.333. The number of hydrogen-bond acceptors (Lipinski definition) is 6. The zero-order valence-corrected chi connectivity index (χ0v) is 11.6. The van der Waals surface area contributed by atoms with E-state index in [1.54, 1.807) is 12.1 Å². The number of rotatable bonds is 5. The zero-order chi connectivity index (χ0) is 13.9. The summed E-state index contributed by atoms with van der Waals surface area (Å²) in [7, 11) is -3.24. The molecule has 19 heavy (non-hydrogen) atoms. The Bertz CT molecular complexity index is 664. The maximum Gasteiger partial charge on any atom is 0.247 e. The maximum absolute atomic E-state index is 11.5. The van der Waals surface area contributed by atoms with Gasteiger partial charge in [0, 0.05) is 11.8 Å². The van der Waals surface area contributed by atoms with Crippen molar-refractivity contribution < 1.29 is 12.8 Å². The Morgan fingerprint density at radius 2 is 2.11 bits per heavy atom. The molecule has 0 aliphatic rings. The lowest BCUT2D eigenvalue weighted by Crippen LogP contribution is -2.11. The first-order valence-electron chi connectivity index (χ1n) is 5.84. The molecule has 0 aliphatic carbocycles. The molecule has 1 N–H and O–H groups in total. The number of nitrogens with one attached hydrogen (secondary N) is 1. The summed E-state index contributed by atoms with van der Waals surface area (Å²) in [5, 5.41) is 10.9. The summed E-state index contributed by atoms with van der Waals surface area (Å²) in [5.41, 5.74) is 0.596. The fourth-order valence-electron chi connectivity index (χ4n) is 1.53. The number of sulfone groups is 1. The van der Waals surface area contributed by atoms with Gasteiger partial charge in [0.15, 0.2) is 9.84 Å². The van der Waals surface area contributed by atoms with Crippen molar-refractivity contribution in [2.75, 3.05) is 12.8 Å². The second kappa shape index (κ2) is 5.50. The molecule has 0 saturated carbocycles. The largest absolute Gasteiger partial charge is 0.419 e. The van der Waals surface area contributed by atoms with Gasteiger partial charge in [-0.3, -0.25) is 0 Å². The third kappa shape index (κ3) is 3.39. The molecule has 0 spiro atoms. The monoisotopic (exact) mass is 281 g/mol. The second-order valence-corrected chi connectivity index (χ2v) is 6.10. The van der Waals surface area contributed by atoms with E-state index in [1.165, 1.54) is 12.1 Å². The van der Waals surface area contributed by atoms with Gasteiger partial charge in [-0.05, 0) is 24.7 Å². The van der Waals surface area contributed by atoms with Crippen LogP contribution in [0.2, 0.25) is 0 Å². The summed E-state index contributed by atoms with van der Waals surface area (Å²) in [4.78, 5) is 0.233. The minimum absolute atomic E-state index is 0.233. The highest BCUT2D eigenvalue weighted by Gasteiger charge is 2.12. The lowest BCUT2D eigenvalue weighted by atomic mass is 10.2. The topological polar surface area (TPSA) is 85.1 Å². The predicted molar refractivity (Wildman–Crippen MR) is 70.2 cm³/mol. The minimum Gasteiger partial charge on any atom is -0.419 e. The SMILES string of the molecule is CCNCc1nnc(-c2cccc(S(C)(=O)=O)c2)o1. The lowest BCUT2D eigenvalue weighted by Gasteiger charge is -2.00. The Morgan fingerprint density at radius 1 is 1.32 bits per heavy atom. The highest BCUT2D eigenvalue weighted by Crippen LogP contribution is 2.21. The smallest absolute Gasteiger partial charge is 0.247 e. The van der Waals surface area contributed by atoms with Crippen LogP contribution < -0.4 is 5.32 Å². The van der Waals surface area contributed by atoms with Crippen molar-refractivity contribution in [1.82, 2.24) is 15.5 Å². The van der Waals surface area contributed by atoms with Crippen molar-refractivity contribution in [2.24, 2.45) is 0 Å². The van der Waals surface area contributed by atoms with E-state index in [1.807, 2.05) is 6.92 Å². The van der Waals surface area contributed by atoms with Crippen LogP contribution >= 0.6 is 0 Å². The van der Waals surface area contributed by atoms with Crippen molar-refractivity contribution in [3.63, 3.8) is 0 Å². The van der Waals surface area contributed by atoms with Gasteiger partial charge in [0.2, 0.25) is 11.8 Å². The van der Waals surface area contributed by atoms with Crippen LogP contribution in [0.25, 0.3) is 11.5 Å². The van der Waals surface area contributed by atoms with E-state index < -0.39 is 9.84 Å². The molecule has 102 valence electrons. The average molecular weight is 281 g/mol. The van der Waals surface area contributed by atoms with E-state index in [0.29, 0.717) is 23.9 Å². The molecule has 1 aromatic carbocycles. The molecule has 0 amide bonds. The molecule has 0 radical (unpaired) electrons. The van der Waals surface area contributed by atoms with Crippen molar-refractivity contribution in [3.8, 4) is 11.5 Å². The quantitative estimate of drug-likeness (QED) is 0.887. The summed E-state index contributed by atoms with van der Waals surface area (Å²) in [6.07, 6.45) is 1.16. The predicted octanol–water partition coefficient (Wildman–Crippen LogP) is 1.25. The van der Waals surface area contributed by atoms with E-state index in [2.05, 4.69) is 15.5 Å². The van der Waals surface area contributed by atoms with Gasteiger partial charge < -0.3 is 9.73 Å². The van der Waals surface area contributed by atoms with E-state index >= 15 is 0 Å². The van der Waals surface area contributed by atoms with Gasteiger partial charge in [0.05, 0.1) is 11.4 Å². The van der Waals surface area contributed by atoms with E-state index in [0.717, 1.165) is 12.8 Å². The van der Waals surface area contributed by atoms with Gasteiger partial charge in [-0.15, -0.1) is 10.2 Å². The molecule has 6 nitrogen and oxygen atoms in total. The Balaban J connectivity index is 2.29. The van der Waals surface area contributed by atoms with Crippen LogP contribution in [0.4, 0.5) is 0 Å². The minimum atomic E-state index is -3.24.